The summed E-state index contributed by atoms with van der Waals surface area (Å²) in [4.78, 5) is 11.9. The minimum absolute atomic E-state index is 0.126. The van der Waals surface area contributed by atoms with E-state index in [0.717, 1.165) is 37.8 Å². The molecule has 2 nitrogen and oxygen atoms in total. The van der Waals surface area contributed by atoms with Crippen LogP contribution in [0.15, 0.2) is 12.1 Å². The zero-order valence-electron chi connectivity index (χ0n) is 10.8. The summed E-state index contributed by atoms with van der Waals surface area (Å²) in [5, 5.41) is 2.31. The first kappa shape index (κ1) is 15.5. The van der Waals surface area contributed by atoms with E-state index in [1.54, 1.807) is 0 Å². The molecule has 0 radical (unpaired) electrons. The highest BCUT2D eigenvalue weighted by Crippen LogP contribution is 2.38. The van der Waals surface area contributed by atoms with E-state index in [1.807, 2.05) is 0 Å². The average Bonchev–Trinajstić information content (AvgIpc) is 2.90. The van der Waals surface area contributed by atoms with E-state index in [-0.39, 0.29) is 16.0 Å². The maximum Gasteiger partial charge on any atom is 0.254 e. The molecule has 1 aliphatic rings. The zero-order valence-corrected chi connectivity index (χ0v) is 12.3. The second-order valence-electron chi connectivity index (χ2n) is 5.27. The number of nitrogens with one attached hydrogen (secondary N) is 1. The van der Waals surface area contributed by atoms with Gasteiger partial charge in [-0.3, -0.25) is 4.79 Å². The molecular formula is C14H15Cl2F2NO. The van der Waals surface area contributed by atoms with Crippen LogP contribution in [0.4, 0.5) is 8.78 Å². The predicted molar refractivity (Wildman–Crippen MR) is 75.3 cm³/mol. The number of carbonyl (C=O) groups excluding carboxylic acids is 1. The molecule has 1 saturated carbocycles. The third-order valence-corrected chi connectivity index (χ3v) is 4.68. The van der Waals surface area contributed by atoms with Crippen molar-refractivity contribution in [2.24, 2.45) is 5.41 Å². The Balaban J connectivity index is 2.07. The van der Waals surface area contributed by atoms with Gasteiger partial charge in [0.2, 0.25) is 0 Å². The molecular weight excluding hydrogens is 307 g/mol. The average molecular weight is 322 g/mol. The third-order valence-electron chi connectivity index (χ3n) is 3.83. The summed E-state index contributed by atoms with van der Waals surface area (Å²) in [6.45, 7) is 0.374. The highest BCUT2D eigenvalue weighted by molar-refractivity contribution is 6.30. The van der Waals surface area contributed by atoms with Crippen molar-refractivity contribution in [3.8, 4) is 0 Å². The molecule has 1 aliphatic carbocycles. The van der Waals surface area contributed by atoms with Crippen molar-refractivity contribution in [2.45, 2.75) is 25.7 Å². The summed E-state index contributed by atoms with van der Waals surface area (Å²) >= 11 is 11.4. The van der Waals surface area contributed by atoms with E-state index in [1.165, 1.54) is 0 Å². The first-order valence-corrected chi connectivity index (χ1v) is 7.37. The minimum atomic E-state index is -0.833. The molecule has 0 aromatic heterocycles. The Morgan fingerprint density at radius 3 is 2.50 bits per heavy atom. The van der Waals surface area contributed by atoms with Crippen LogP contribution in [0, 0.1) is 17.0 Å². The molecule has 0 spiro atoms. The maximum atomic E-state index is 13.6. The van der Waals surface area contributed by atoms with E-state index >= 15 is 0 Å². The second-order valence-corrected chi connectivity index (χ2v) is 5.94. The number of rotatable bonds is 4. The largest absolute Gasteiger partial charge is 0.351 e. The molecule has 20 heavy (non-hydrogen) atoms. The number of carbonyl (C=O) groups is 1. The van der Waals surface area contributed by atoms with E-state index in [2.05, 4.69) is 5.32 Å². The Hall–Kier alpha value is -0.870. The molecule has 0 heterocycles. The van der Waals surface area contributed by atoms with Crippen molar-refractivity contribution in [1.29, 1.82) is 0 Å². The summed E-state index contributed by atoms with van der Waals surface area (Å²) in [7, 11) is 0. The van der Waals surface area contributed by atoms with Crippen LogP contribution in [0.2, 0.25) is 5.02 Å². The molecule has 0 bridgehead atoms. The Morgan fingerprint density at radius 2 is 1.90 bits per heavy atom. The SMILES string of the molecule is O=C(NCC1(CCl)CCCC1)c1cc(F)c(Cl)cc1F. The van der Waals surface area contributed by atoms with Gasteiger partial charge >= 0.3 is 0 Å². The van der Waals surface area contributed by atoms with Gasteiger partial charge in [0.15, 0.2) is 0 Å². The molecule has 0 aliphatic heterocycles. The Kier molecular flexibility index (Phi) is 4.86. The Bertz CT molecular complexity index is 516. The van der Waals surface area contributed by atoms with Gasteiger partial charge in [-0.05, 0) is 25.0 Å². The summed E-state index contributed by atoms with van der Waals surface area (Å²) in [6, 6.07) is 1.62. The van der Waals surface area contributed by atoms with Gasteiger partial charge in [0.05, 0.1) is 10.6 Å². The molecule has 1 amide bonds. The summed E-state index contributed by atoms with van der Waals surface area (Å²) in [5.74, 6) is -1.84. The molecule has 2 rings (SSSR count). The highest BCUT2D eigenvalue weighted by atomic mass is 35.5. The first-order chi connectivity index (χ1) is 9.47. The van der Waals surface area contributed by atoms with Gasteiger partial charge in [-0.1, -0.05) is 24.4 Å². The molecule has 6 heteroatoms. The number of amides is 1. The molecule has 1 fully saturated rings. The molecule has 0 atom stereocenters. The summed E-state index contributed by atoms with van der Waals surface area (Å²) in [5.41, 5.74) is -0.465. The fraction of sp³-hybridized carbons (Fsp3) is 0.500. The first-order valence-electron chi connectivity index (χ1n) is 6.46. The van der Waals surface area contributed by atoms with Crippen LogP contribution in [-0.4, -0.2) is 18.3 Å². The fourth-order valence-corrected chi connectivity index (χ4v) is 3.05. The lowest BCUT2D eigenvalue weighted by Gasteiger charge is -2.26. The van der Waals surface area contributed by atoms with Crippen molar-refractivity contribution in [1.82, 2.24) is 5.32 Å². The van der Waals surface area contributed by atoms with Crippen LogP contribution in [0.1, 0.15) is 36.0 Å². The van der Waals surface area contributed by atoms with Crippen LogP contribution in [0.3, 0.4) is 0 Å². The van der Waals surface area contributed by atoms with Crippen molar-refractivity contribution < 1.29 is 13.6 Å². The van der Waals surface area contributed by atoms with Gasteiger partial charge in [-0.15, -0.1) is 11.6 Å². The van der Waals surface area contributed by atoms with Crippen LogP contribution in [0.25, 0.3) is 0 Å². The fourth-order valence-electron chi connectivity index (χ4n) is 2.54. The summed E-state index contributed by atoms with van der Waals surface area (Å²) < 4.78 is 26.9. The van der Waals surface area contributed by atoms with Crippen molar-refractivity contribution in [2.75, 3.05) is 12.4 Å². The summed E-state index contributed by atoms with van der Waals surface area (Å²) in [6.07, 6.45) is 4.03. The van der Waals surface area contributed by atoms with Crippen LogP contribution >= 0.6 is 23.2 Å². The predicted octanol–water partition coefficient (Wildman–Crippen LogP) is 4.15. The van der Waals surface area contributed by atoms with Gasteiger partial charge < -0.3 is 5.32 Å². The van der Waals surface area contributed by atoms with E-state index in [4.69, 9.17) is 23.2 Å². The lowest BCUT2D eigenvalue weighted by Crippen LogP contribution is -2.37. The molecule has 1 aromatic carbocycles. The lowest BCUT2D eigenvalue weighted by atomic mass is 9.88. The normalized spacial score (nSPS) is 17.2. The number of hydrogen-bond acceptors (Lipinski definition) is 1. The Labute approximate surface area is 126 Å². The van der Waals surface area contributed by atoms with Gasteiger partial charge in [0.1, 0.15) is 11.6 Å². The van der Waals surface area contributed by atoms with Gasteiger partial charge in [0.25, 0.3) is 5.91 Å². The standard InChI is InChI=1S/C14H15Cl2F2NO/c15-7-14(3-1-2-4-14)8-19-13(20)9-5-12(18)10(16)6-11(9)17/h5-6H,1-4,7-8H2,(H,19,20). The third kappa shape index (κ3) is 3.23. The van der Waals surface area contributed by atoms with Crippen molar-refractivity contribution in [3.05, 3.63) is 34.4 Å². The highest BCUT2D eigenvalue weighted by Gasteiger charge is 2.33. The van der Waals surface area contributed by atoms with Gasteiger partial charge in [0, 0.05) is 17.8 Å². The molecule has 110 valence electrons. The number of halogens is 4. The Morgan fingerprint density at radius 1 is 1.25 bits per heavy atom. The molecule has 0 saturated heterocycles. The molecule has 1 N–H and O–H groups in total. The number of alkyl halides is 1. The topological polar surface area (TPSA) is 29.1 Å². The van der Waals surface area contributed by atoms with Crippen molar-refractivity contribution in [3.63, 3.8) is 0 Å². The van der Waals surface area contributed by atoms with E-state index in [9.17, 15) is 13.6 Å². The van der Waals surface area contributed by atoms with E-state index in [0.29, 0.717) is 12.4 Å². The van der Waals surface area contributed by atoms with Crippen LogP contribution in [0.5, 0.6) is 0 Å². The maximum absolute atomic E-state index is 13.6. The van der Waals surface area contributed by atoms with Crippen LogP contribution < -0.4 is 5.32 Å². The monoisotopic (exact) mass is 321 g/mol. The minimum Gasteiger partial charge on any atom is -0.351 e. The number of hydrogen-bond donors (Lipinski definition) is 1. The lowest BCUT2D eigenvalue weighted by molar-refractivity contribution is 0.0930. The second kappa shape index (κ2) is 6.27. The quantitative estimate of drug-likeness (QED) is 0.655. The smallest absolute Gasteiger partial charge is 0.254 e. The van der Waals surface area contributed by atoms with Gasteiger partial charge in [-0.25, -0.2) is 8.78 Å². The van der Waals surface area contributed by atoms with Crippen molar-refractivity contribution >= 4 is 29.1 Å². The molecule has 1 aromatic rings. The number of benzene rings is 1. The van der Waals surface area contributed by atoms with Crippen LogP contribution in [-0.2, 0) is 0 Å². The molecule has 0 unspecified atom stereocenters. The van der Waals surface area contributed by atoms with E-state index < -0.39 is 17.5 Å². The zero-order chi connectivity index (χ0) is 14.8. The van der Waals surface area contributed by atoms with Gasteiger partial charge in [-0.2, -0.15) is 0 Å².